The molecule has 0 radical (unpaired) electrons. The average Bonchev–Trinajstić information content (AvgIpc) is 2.25. The van der Waals surface area contributed by atoms with E-state index < -0.39 is 0 Å². The Morgan fingerprint density at radius 3 is 2.69 bits per heavy atom. The fourth-order valence-electron chi connectivity index (χ4n) is 1.62. The molecule has 0 aliphatic heterocycles. The van der Waals surface area contributed by atoms with E-state index in [2.05, 4.69) is 25.3 Å². The van der Waals surface area contributed by atoms with Gasteiger partial charge < -0.3 is 4.90 Å². The highest BCUT2D eigenvalue weighted by atomic mass is 35.5. The van der Waals surface area contributed by atoms with Crippen LogP contribution >= 0.6 is 11.6 Å². The van der Waals surface area contributed by atoms with Crippen LogP contribution in [0.1, 0.15) is 24.2 Å². The topological polar surface area (TPSA) is 20.3 Å². The second kappa shape index (κ2) is 5.71. The van der Waals surface area contributed by atoms with Gasteiger partial charge in [-0.15, -0.1) is 6.58 Å². The lowest BCUT2D eigenvalue weighted by atomic mass is 10.1. The van der Waals surface area contributed by atoms with E-state index in [1.54, 1.807) is 6.07 Å². The van der Waals surface area contributed by atoms with Crippen molar-refractivity contribution < 1.29 is 4.79 Å². The third-order valence-corrected chi connectivity index (χ3v) is 2.74. The molecule has 0 N–H and O–H groups in total. The molecule has 16 heavy (non-hydrogen) atoms. The molecule has 0 saturated heterocycles. The highest BCUT2D eigenvalue weighted by Gasteiger charge is 2.14. The van der Waals surface area contributed by atoms with Gasteiger partial charge in [0.15, 0.2) is 6.29 Å². The number of carbonyl (C=O) groups is 1. The summed E-state index contributed by atoms with van der Waals surface area (Å²) in [7, 11) is 0. The largest absolute Gasteiger partial charge is 0.365 e. The Hall–Kier alpha value is -1.28. The molecule has 0 unspecified atom stereocenters. The summed E-state index contributed by atoms with van der Waals surface area (Å²) in [5, 5.41) is 0.488. The molecule has 0 aromatic heterocycles. The molecular weight excluding hydrogens is 222 g/mol. The third kappa shape index (κ3) is 2.64. The van der Waals surface area contributed by atoms with Crippen molar-refractivity contribution in [1.82, 2.24) is 0 Å². The molecule has 0 amide bonds. The predicted molar refractivity (Wildman–Crippen MR) is 69.5 cm³/mol. The Morgan fingerprint density at radius 1 is 1.50 bits per heavy atom. The van der Waals surface area contributed by atoms with Gasteiger partial charge in [-0.2, -0.15) is 0 Å². The van der Waals surface area contributed by atoms with Gasteiger partial charge in [0.2, 0.25) is 0 Å². The summed E-state index contributed by atoms with van der Waals surface area (Å²) in [6.07, 6.45) is 2.62. The van der Waals surface area contributed by atoms with Gasteiger partial charge in [0, 0.05) is 18.3 Å². The molecular formula is C13H16ClNO. The van der Waals surface area contributed by atoms with Gasteiger partial charge in [0.05, 0.1) is 10.6 Å². The maximum Gasteiger partial charge on any atom is 0.153 e. The summed E-state index contributed by atoms with van der Waals surface area (Å²) < 4.78 is 0. The number of hydrogen-bond acceptors (Lipinski definition) is 2. The van der Waals surface area contributed by atoms with E-state index in [0.717, 1.165) is 12.0 Å². The minimum absolute atomic E-state index is 0.287. The van der Waals surface area contributed by atoms with Gasteiger partial charge in [-0.1, -0.05) is 23.7 Å². The van der Waals surface area contributed by atoms with Gasteiger partial charge in [0.25, 0.3) is 0 Å². The first-order valence-electron chi connectivity index (χ1n) is 5.23. The van der Waals surface area contributed by atoms with E-state index in [-0.39, 0.29) is 6.04 Å². The average molecular weight is 238 g/mol. The van der Waals surface area contributed by atoms with E-state index in [1.807, 2.05) is 18.2 Å². The van der Waals surface area contributed by atoms with E-state index in [1.165, 1.54) is 0 Å². The summed E-state index contributed by atoms with van der Waals surface area (Å²) in [4.78, 5) is 13.1. The molecule has 1 aromatic rings. The first kappa shape index (κ1) is 12.8. The quantitative estimate of drug-likeness (QED) is 0.577. The smallest absolute Gasteiger partial charge is 0.153 e. The van der Waals surface area contributed by atoms with Crippen LogP contribution in [-0.2, 0) is 0 Å². The maximum atomic E-state index is 11.0. The van der Waals surface area contributed by atoms with E-state index in [4.69, 9.17) is 11.6 Å². The lowest BCUT2D eigenvalue weighted by Crippen LogP contribution is -2.31. The molecule has 1 aromatic carbocycles. The van der Waals surface area contributed by atoms with Crippen molar-refractivity contribution in [1.29, 1.82) is 0 Å². The maximum absolute atomic E-state index is 11.0. The minimum atomic E-state index is 0.287. The highest BCUT2D eigenvalue weighted by Crippen LogP contribution is 2.27. The second-order valence-electron chi connectivity index (χ2n) is 3.83. The van der Waals surface area contributed by atoms with Crippen LogP contribution in [0.5, 0.6) is 0 Å². The van der Waals surface area contributed by atoms with Crippen LogP contribution in [0.3, 0.4) is 0 Å². The first-order valence-corrected chi connectivity index (χ1v) is 5.60. The lowest BCUT2D eigenvalue weighted by molar-refractivity contribution is 0.112. The second-order valence-corrected chi connectivity index (χ2v) is 4.23. The number of nitrogens with zero attached hydrogens (tertiary/aromatic N) is 1. The van der Waals surface area contributed by atoms with E-state index >= 15 is 0 Å². The molecule has 0 fully saturated rings. The Kier molecular flexibility index (Phi) is 4.56. The normalized spacial score (nSPS) is 10.2. The molecule has 0 atom stereocenters. The van der Waals surface area contributed by atoms with Crippen LogP contribution in [0, 0.1) is 0 Å². The molecule has 2 nitrogen and oxygen atoms in total. The summed E-state index contributed by atoms with van der Waals surface area (Å²) in [6.45, 7) is 8.55. The van der Waals surface area contributed by atoms with Crippen molar-refractivity contribution in [2.45, 2.75) is 19.9 Å². The van der Waals surface area contributed by atoms with Crippen molar-refractivity contribution >= 4 is 23.6 Å². The molecule has 0 heterocycles. The summed E-state index contributed by atoms with van der Waals surface area (Å²) in [5.74, 6) is 0. The fourth-order valence-corrected chi connectivity index (χ4v) is 1.83. The van der Waals surface area contributed by atoms with Gasteiger partial charge in [-0.25, -0.2) is 0 Å². The van der Waals surface area contributed by atoms with Crippen molar-refractivity contribution in [2.75, 3.05) is 11.4 Å². The molecule has 0 spiro atoms. The molecule has 0 aliphatic carbocycles. The van der Waals surface area contributed by atoms with Crippen molar-refractivity contribution in [3.63, 3.8) is 0 Å². The molecule has 3 heteroatoms. The van der Waals surface area contributed by atoms with Crippen LogP contribution in [0.2, 0.25) is 5.02 Å². The summed E-state index contributed by atoms with van der Waals surface area (Å²) in [6, 6.07) is 5.76. The standard InChI is InChI=1S/C13H16ClNO/c1-4-8-15(10(2)3)13-7-5-6-12(14)11(13)9-16/h4-7,9-10H,1,8H2,2-3H3. The van der Waals surface area contributed by atoms with Crippen LogP contribution in [0.15, 0.2) is 30.9 Å². The van der Waals surface area contributed by atoms with Crippen molar-refractivity contribution in [2.24, 2.45) is 0 Å². The van der Waals surface area contributed by atoms with Crippen LogP contribution in [-0.4, -0.2) is 18.9 Å². The van der Waals surface area contributed by atoms with Gasteiger partial charge >= 0.3 is 0 Å². The third-order valence-electron chi connectivity index (χ3n) is 2.41. The number of hydrogen-bond donors (Lipinski definition) is 0. The van der Waals surface area contributed by atoms with Crippen LogP contribution < -0.4 is 4.90 Å². The number of halogens is 1. The summed E-state index contributed by atoms with van der Waals surface area (Å²) >= 11 is 5.99. The van der Waals surface area contributed by atoms with Crippen molar-refractivity contribution in [3.8, 4) is 0 Å². The van der Waals surface area contributed by atoms with Gasteiger partial charge in [0.1, 0.15) is 0 Å². The number of carbonyl (C=O) groups excluding carboxylic acids is 1. The monoisotopic (exact) mass is 237 g/mol. The number of benzene rings is 1. The Labute approximate surface area is 102 Å². The molecule has 0 saturated carbocycles. The zero-order valence-corrected chi connectivity index (χ0v) is 10.4. The lowest BCUT2D eigenvalue weighted by Gasteiger charge is -2.29. The van der Waals surface area contributed by atoms with Crippen molar-refractivity contribution in [3.05, 3.63) is 41.4 Å². The SMILES string of the molecule is C=CCN(c1cccc(Cl)c1C=O)C(C)C. The molecule has 86 valence electrons. The fraction of sp³-hybridized carbons (Fsp3) is 0.308. The Morgan fingerprint density at radius 2 is 2.19 bits per heavy atom. The van der Waals surface area contributed by atoms with E-state index in [0.29, 0.717) is 17.1 Å². The number of rotatable bonds is 5. The molecule has 1 rings (SSSR count). The highest BCUT2D eigenvalue weighted by molar-refractivity contribution is 6.33. The van der Waals surface area contributed by atoms with Gasteiger partial charge in [-0.3, -0.25) is 4.79 Å². The number of anilines is 1. The van der Waals surface area contributed by atoms with Crippen LogP contribution in [0.25, 0.3) is 0 Å². The zero-order chi connectivity index (χ0) is 12.1. The number of aldehydes is 1. The Balaban J connectivity index is 3.22. The van der Waals surface area contributed by atoms with Crippen LogP contribution in [0.4, 0.5) is 5.69 Å². The minimum Gasteiger partial charge on any atom is -0.365 e. The molecule has 0 bridgehead atoms. The Bertz CT molecular complexity index is 388. The van der Waals surface area contributed by atoms with Gasteiger partial charge in [-0.05, 0) is 26.0 Å². The predicted octanol–water partition coefficient (Wildman–Crippen LogP) is 3.55. The zero-order valence-electron chi connectivity index (χ0n) is 9.61. The molecule has 0 aliphatic rings. The van der Waals surface area contributed by atoms with E-state index in [9.17, 15) is 4.79 Å². The first-order chi connectivity index (χ1) is 7.61. The summed E-state index contributed by atoms with van der Waals surface area (Å²) in [5.41, 5.74) is 1.40.